The summed E-state index contributed by atoms with van der Waals surface area (Å²) in [6.45, 7) is 0. The minimum Gasteiger partial charge on any atom is -0.383 e. The second-order valence-electron chi connectivity index (χ2n) is 5.75. The first-order chi connectivity index (χ1) is 12.5. The summed E-state index contributed by atoms with van der Waals surface area (Å²) in [7, 11) is 0. The normalized spacial score (nSPS) is 15.0. The fraction of sp³-hybridized carbons (Fsp3) is 0. The van der Waals surface area contributed by atoms with Crippen molar-refractivity contribution in [2.45, 2.75) is 0 Å². The van der Waals surface area contributed by atoms with Crippen molar-refractivity contribution in [3.05, 3.63) is 75.9 Å². The van der Waals surface area contributed by atoms with Gasteiger partial charge in [0.15, 0.2) is 0 Å². The van der Waals surface area contributed by atoms with Crippen LogP contribution in [-0.2, 0) is 4.79 Å². The zero-order valence-electron chi connectivity index (χ0n) is 13.4. The quantitative estimate of drug-likeness (QED) is 0.503. The second kappa shape index (κ2) is 6.27. The summed E-state index contributed by atoms with van der Waals surface area (Å²) >= 11 is 3.41. The number of aromatic nitrogens is 2. The molecule has 0 spiro atoms. The minimum absolute atomic E-state index is 0.191. The number of nitrogens with zero attached hydrogens (tertiary/aromatic N) is 2. The molecule has 4 rings (SSSR count). The molecule has 1 aliphatic rings. The van der Waals surface area contributed by atoms with Crippen LogP contribution in [0, 0.1) is 0 Å². The van der Waals surface area contributed by atoms with Crippen molar-refractivity contribution in [2.24, 2.45) is 0 Å². The Kier molecular flexibility index (Phi) is 3.93. The molecule has 0 fully saturated rings. The number of imide groups is 1. The van der Waals surface area contributed by atoms with Gasteiger partial charge in [-0.1, -0.05) is 46.3 Å². The Morgan fingerprint density at radius 3 is 2.54 bits per heavy atom. The van der Waals surface area contributed by atoms with Crippen LogP contribution in [-0.4, -0.2) is 21.6 Å². The van der Waals surface area contributed by atoms with Crippen LogP contribution in [0.5, 0.6) is 0 Å². The van der Waals surface area contributed by atoms with E-state index < -0.39 is 11.8 Å². The highest BCUT2D eigenvalue weighted by Gasteiger charge is 2.34. The molecule has 1 aromatic heterocycles. The number of fused-ring (bicyclic) bond motifs is 1. The zero-order chi connectivity index (χ0) is 18.3. The van der Waals surface area contributed by atoms with Crippen molar-refractivity contribution in [1.82, 2.24) is 15.1 Å². The third-order valence-electron chi connectivity index (χ3n) is 4.04. The van der Waals surface area contributed by atoms with Gasteiger partial charge >= 0.3 is 0 Å². The molecule has 2 aromatic carbocycles. The van der Waals surface area contributed by atoms with Gasteiger partial charge in [0.2, 0.25) is 0 Å². The summed E-state index contributed by atoms with van der Waals surface area (Å²) < 4.78 is 2.35. The van der Waals surface area contributed by atoms with E-state index in [0.717, 1.165) is 10.0 Å². The predicted octanol–water partition coefficient (Wildman–Crippen LogP) is 3.03. The maximum atomic E-state index is 12.4. The smallest absolute Gasteiger partial charge is 0.264 e. The van der Waals surface area contributed by atoms with Gasteiger partial charge in [-0.2, -0.15) is 5.10 Å². The number of nitrogens with one attached hydrogen (secondary N) is 1. The molecule has 0 saturated carbocycles. The molecule has 0 bridgehead atoms. The topological polar surface area (TPSA) is 90.0 Å². The maximum absolute atomic E-state index is 12.4. The van der Waals surface area contributed by atoms with Gasteiger partial charge < -0.3 is 5.73 Å². The van der Waals surface area contributed by atoms with Gasteiger partial charge in [-0.3, -0.25) is 14.9 Å². The molecule has 26 heavy (non-hydrogen) atoms. The van der Waals surface area contributed by atoms with Crippen molar-refractivity contribution < 1.29 is 9.59 Å². The number of rotatable bonds is 2. The number of benzene rings is 2. The molecular weight excluding hydrogens is 396 g/mol. The molecule has 6 nitrogen and oxygen atoms in total. The molecule has 2 amide bonds. The Morgan fingerprint density at radius 2 is 1.81 bits per heavy atom. The maximum Gasteiger partial charge on any atom is 0.264 e. The fourth-order valence-electron chi connectivity index (χ4n) is 2.85. The molecule has 3 aromatic rings. The van der Waals surface area contributed by atoms with E-state index in [-0.39, 0.29) is 17.1 Å². The van der Waals surface area contributed by atoms with E-state index in [9.17, 15) is 9.59 Å². The number of carbonyl (C=O) groups is 2. The number of anilines is 1. The lowest BCUT2D eigenvalue weighted by atomic mass is 10.00. The van der Waals surface area contributed by atoms with Crippen LogP contribution in [0.25, 0.3) is 17.3 Å². The van der Waals surface area contributed by atoms with Crippen LogP contribution in [0.2, 0.25) is 0 Å². The van der Waals surface area contributed by atoms with Crippen molar-refractivity contribution in [1.29, 1.82) is 0 Å². The lowest BCUT2D eigenvalue weighted by molar-refractivity contribution is -0.114. The lowest BCUT2D eigenvalue weighted by Crippen LogP contribution is -2.36. The van der Waals surface area contributed by atoms with Crippen LogP contribution in [0.1, 0.15) is 21.6 Å². The Morgan fingerprint density at radius 1 is 1.04 bits per heavy atom. The number of hydrogen-bond donors (Lipinski definition) is 2. The Hall–Kier alpha value is -3.19. The second-order valence-corrected chi connectivity index (χ2v) is 6.67. The lowest BCUT2D eigenvalue weighted by Gasteiger charge is -2.13. The van der Waals surface area contributed by atoms with Gasteiger partial charge in [-0.05, 0) is 35.9 Å². The van der Waals surface area contributed by atoms with E-state index in [4.69, 9.17) is 5.73 Å². The fourth-order valence-corrected chi connectivity index (χ4v) is 3.26. The first-order valence-electron chi connectivity index (χ1n) is 7.82. The standard InChI is InChI=1S/C19H13BrN4O2/c20-12-6-4-5-11(9-12)10-14-16-15(19(26)22-18(14)25)17(21)24(23-16)13-7-2-1-3-8-13/h1-10H,21H2,(H,22,25,26)/b14-10+. The van der Waals surface area contributed by atoms with E-state index in [1.54, 1.807) is 6.08 Å². The number of amides is 2. The van der Waals surface area contributed by atoms with Gasteiger partial charge in [0.1, 0.15) is 17.1 Å². The highest BCUT2D eigenvalue weighted by molar-refractivity contribution is 9.10. The molecule has 1 aliphatic heterocycles. The summed E-state index contributed by atoms with van der Waals surface area (Å²) in [6, 6.07) is 16.7. The molecule has 2 heterocycles. The first-order valence-corrected chi connectivity index (χ1v) is 8.61. The van der Waals surface area contributed by atoms with Crippen molar-refractivity contribution in [2.75, 3.05) is 5.73 Å². The van der Waals surface area contributed by atoms with Gasteiger partial charge in [-0.25, -0.2) is 4.68 Å². The average molecular weight is 409 g/mol. The van der Waals surface area contributed by atoms with Crippen LogP contribution in [0.3, 0.4) is 0 Å². The van der Waals surface area contributed by atoms with Gasteiger partial charge in [0.25, 0.3) is 11.8 Å². The Balaban J connectivity index is 1.91. The summed E-state index contributed by atoms with van der Waals surface area (Å²) in [5, 5.41) is 6.79. The molecule has 3 N–H and O–H groups in total. The molecular formula is C19H13BrN4O2. The van der Waals surface area contributed by atoms with Crippen molar-refractivity contribution in [3.63, 3.8) is 0 Å². The van der Waals surface area contributed by atoms with E-state index >= 15 is 0 Å². The van der Waals surface area contributed by atoms with Crippen LogP contribution in [0.4, 0.5) is 5.82 Å². The number of para-hydroxylation sites is 1. The molecule has 7 heteroatoms. The number of nitrogens with two attached hydrogens (primary N) is 1. The Bertz CT molecular complexity index is 1070. The van der Waals surface area contributed by atoms with E-state index in [2.05, 4.69) is 26.3 Å². The van der Waals surface area contributed by atoms with Crippen LogP contribution >= 0.6 is 15.9 Å². The van der Waals surface area contributed by atoms with Crippen LogP contribution in [0.15, 0.2) is 59.1 Å². The number of hydrogen-bond acceptors (Lipinski definition) is 4. The molecule has 0 saturated heterocycles. The summed E-state index contributed by atoms with van der Waals surface area (Å²) in [4.78, 5) is 24.7. The minimum atomic E-state index is -0.545. The van der Waals surface area contributed by atoms with E-state index in [1.165, 1.54) is 4.68 Å². The summed E-state index contributed by atoms with van der Waals surface area (Å²) in [5.41, 5.74) is 8.45. The molecule has 0 aliphatic carbocycles. The van der Waals surface area contributed by atoms with Crippen LogP contribution < -0.4 is 11.1 Å². The van der Waals surface area contributed by atoms with Crippen molar-refractivity contribution in [3.8, 4) is 5.69 Å². The monoisotopic (exact) mass is 408 g/mol. The van der Waals surface area contributed by atoms with E-state index in [1.807, 2.05) is 54.6 Å². The molecule has 0 atom stereocenters. The molecule has 0 radical (unpaired) electrons. The van der Waals surface area contributed by atoms with Gasteiger partial charge in [0.05, 0.1) is 11.3 Å². The molecule has 128 valence electrons. The first kappa shape index (κ1) is 16.3. The highest BCUT2D eigenvalue weighted by Crippen LogP contribution is 2.31. The van der Waals surface area contributed by atoms with Gasteiger partial charge in [0, 0.05) is 4.47 Å². The molecule has 0 unspecified atom stereocenters. The highest BCUT2D eigenvalue weighted by atomic mass is 79.9. The average Bonchev–Trinajstić information content (AvgIpc) is 2.97. The van der Waals surface area contributed by atoms with E-state index in [0.29, 0.717) is 11.3 Å². The predicted molar refractivity (Wildman–Crippen MR) is 102 cm³/mol. The number of carbonyl (C=O) groups excluding carboxylic acids is 2. The van der Waals surface area contributed by atoms with Crippen molar-refractivity contribution >= 4 is 45.2 Å². The summed E-state index contributed by atoms with van der Waals surface area (Å²) in [6.07, 6.45) is 1.69. The Labute approximate surface area is 157 Å². The number of nitrogen functional groups attached to an aromatic ring is 1. The number of halogens is 1. The largest absolute Gasteiger partial charge is 0.383 e. The third-order valence-corrected chi connectivity index (χ3v) is 4.53. The SMILES string of the molecule is Nc1c2c(nn1-c1ccccc1)/C(=C\c1cccc(Br)c1)C(=O)NC2=O. The zero-order valence-corrected chi connectivity index (χ0v) is 15.0. The third kappa shape index (κ3) is 2.72. The van der Waals surface area contributed by atoms with Gasteiger partial charge in [-0.15, -0.1) is 0 Å². The summed E-state index contributed by atoms with van der Waals surface area (Å²) in [5.74, 6) is -0.854.